The Labute approximate surface area is 326 Å². The summed E-state index contributed by atoms with van der Waals surface area (Å²) < 4.78 is 228. The minimum atomic E-state index is -1.03. The Balaban J connectivity index is 1.50. The molecule has 10 aromatic rings. The molecule has 0 aliphatic rings. The minimum absolute atomic E-state index is 0.153. The molecular formula is C50H32. The van der Waals surface area contributed by atoms with Crippen molar-refractivity contribution in [3.63, 3.8) is 0 Å². The van der Waals surface area contributed by atoms with Gasteiger partial charge in [-0.15, -0.1) is 0 Å². The van der Waals surface area contributed by atoms with Crippen molar-refractivity contribution in [1.29, 1.82) is 0 Å². The number of fused-ring (bicyclic) bond motifs is 5. The maximum atomic E-state index is 10.3. The molecule has 0 amide bonds. The van der Waals surface area contributed by atoms with Crippen LogP contribution in [-0.4, -0.2) is 0 Å². The van der Waals surface area contributed by atoms with Crippen LogP contribution in [0.5, 0.6) is 0 Å². The van der Waals surface area contributed by atoms with E-state index in [-0.39, 0.29) is 16.5 Å². The number of rotatable bonds is 4. The maximum Gasteiger partial charge on any atom is 0.0636 e. The minimum Gasteiger partial charge on any atom is -0.0616 e. The molecule has 10 rings (SSSR count). The molecule has 0 saturated carbocycles. The van der Waals surface area contributed by atoms with Crippen molar-refractivity contribution >= 4 is 53.9 Å². The van der Waals surface area contributed by atoms with Gasteiger partial charge in [-0.3, -0.25) is 0 Å². The lowest BCUT2D eigenvalue weighted by molar-refractivity contribution is 1.62. The van der Waals surface area contributed by atoms with Crippen LogP contribution in [0.4, 0.5) is 0 Å². The van der Waals surface area contributed by atoms with Crippen LogP contribution in [-0.2, 0) is 0 Å². The fraction of sp³-hybridized carbons (Fsp3) is 0. The van der Waals surface area contributed by atoms with Crippen molar-refractivity contribution in [2.24, 2.45) is 0 Å². The van der Waals surface area contributed by atoms with Crippen LogP contribution in [0.3, 0.4) is 0 Å². The molecule has 0 fully saturated rings. The highest BCUT2D eigenvalue weighted by molar-refractivity contribution is 6.24. The Kier molecular flexibility index (Phi) is 3.03. The van der Waals surface area contributed by atoms with Gasteiger partial charge in [-0.2, -0.15) is 0 Å². The van der Waals surface area contributed by atoms with E-state index in [4.69, 9.17) is 19.2 Å². The van der Waals surface area contributed by atoms with Gasteiger partial charge in [0.2, 0.25) is 0 Å². The molecule has 0 heteroatoms. The van der Waals surface area contributed by atoms with Gasteiger partial charge >= 0.3 is 0 Å². The molecule has 0 aliphatic carbocycles. The zero-order valence-corrected chi connectivity index (χ0v) is 25.5. The highest BCUT2D eigenvalue weighted by Crippen LogP contribution is 2.47. The van der Waals surface area contributed by atoms with Crippen molar-refractivity contribution in [3.05, 3.63) is 194 Å². The van der Waals surface area contributed by atoms with Crippen molar-refractivity contribution in [1.82, 2.24) is 0 Å². The van der Waals surface area contributed by atoms with Gasteiger partial charge in [0.05, 0.1) is 34.3 Å². The molecule has 0 aromatic heterocycles. The zero-order chi connectivity index (χ0) is 54.8. The molecular weight excluding hydrogens is 601 g/mol. The van der Waals surface area contributed by atoms with Crippen LogP contribution in [0.15, 0.2) is 194 Å². The van der Waals surface area contributed by atoms with E-state index in [1.54, 1.807) is 42.5 Å². The van der Waals surface area contributed by atoms with Gasteiger partial charge in [0.25, 0.3) is 0 Å². The van der Waals surface area contributed by atoms with E-state index >= 15 is 0 Å². The van der Waals surface area contributed by atoms with Gasteiger partial charge < -0.3 is 0 Å². The topological polar surface area (TPSA) is 0 Å². The van der Waals surface area contributed by atoms with Gasteiger partial charge in [-0.05, 0) is 110 Å². The van der Waals surface area contributed by atoms with E-state index in [1.165, 1.54) is 0 Å². The van der Waals surface area contributed by atoms with Gasteiger partial charge in [-0.1, -0.05) is 181 Å². The molecule has 0 nitrogen and oxygen atoms in total. The van der Waals surface area contributed by atoms with E-state index in [9.17, 15) is 15.1 Å². The maximum absolute atomic E-state index is 10.3. The van der Waals surface area contributed by atoms with E-state index in [0.717, 1.165) is 0 Å². The third-order valence-electron chi connectivity index (χ3n) is 8.50. The first-order chi connectivity index (χ1) is 35.2. The zero-order valence-electron chi connectivity index (χ0n) is 50.5. The van der Waals surface area contributed by atoms with Crippen LogP contribution < -0.4 is 0 Å². The summed E-state index contributed by atoms with van der Waals surface area (Å²) in [6.45, 7) is 0. The van der Waals surface area contributed by atoms with Crippen LogP contribution in [0.2, 0.25) is 0 Å². The van der Waals surface area contributed by atoms with Crippen LogP contribution >= 0.6 is 0 Å². The number of benzene rings is 10. The first-order valence-corrected chi connectivity index (χ1v) is 15.3. The SMILES string of the molecule is [2H]c1c([2H])c(-c2c3c([2H])c([2H])c([2H])c([2H])c3c(-c3cccc4ccccc34)c3c([2H])c([2H])c(-c4c([2H])c([2H])c([2H])c5c([2H])c([2H])c([2H])c([2H])c45)c([2H])c23)c([2H])c([2H])c1-c1c([2H])c([2H])c2c([2H])c([2H])c([2H])c([2H])c2c1[2H]. The van der Waals surface area contributed by atoms with Gasteiger partial charge in [0.15, 0.2) is 0 Å². The lowest BCUT2D eigenvalue weighted by atomic mass is 9.83. The fourth-order valence-electron chi connectivity index (χ4n) is 6.28. The normalized spacial score (nSPS) is 18.6. The third kappa shape index (κ3) is 4.61. The monoisotopic (exact) mass is 657 g/mol. The molecule has 0 radical (unpaired) electrons. The first kappa shape index (κ1) is 13.1. The Bertz CT molecular complexity index is 4310. The van der Waals surface area contributed by atoms with Gasteiger partial charge in [0.1, 0.15) is 0 Å². The lowest BCUT2D eigenvalue weighted by Gasteiger charge is -2.20. The summed E-state index contributed by atoms with van der Waals surface area (Å²) in [5.41, 5.74) is -4.31. The summed E-state index contributed by atoms with van der Waals surface area (Å²) in [6.07, 6.45) is 0. The van der Waals surface area contributed by atoms with Crippen molar-refractivity contribution in [2.45, 2.75) is 0 Å². The standard InChI is InChI=1S/C50H32/c1-2-14-38-31-39(28-25-33(38)11-1)34-23-26-37(27-24-34)49-45-19-7-8-20-46(45)50(44-22-10-16-36-13-4-6-18-42(36)44)47-30-29-40(32-48(47)49)43-21-9-15-35-12-3-5-17-41(35)43/h1-32H/i1D,2D,3D,5D,7D,8D,9D,11D,12D,14D,15D,17D,19D,20D,21D,23D,24D,25D,26D,27D,28D,29D,30D,31D,32D. The molecule has 0 saturated heterocycles. The molecule has 0 aliphatic heterocycles. The second-order valence-corrected chi connectivity index (χ2v) is 11.3. The van der Waals surface area contributed by atoms with Crippen LogP contribution in [0.25, 0.3) is 98.4 Å². The predicted molar refractivity (Wildman–Crippen MR) is 216 cm³/mol. The fourth-order valence-corrected chi connectivity index (χ4v) is 6.28. The van der Waals surface area contributed by atoms with E-state index in [2.05, 4.69) is 0 Å². The second kappa shape index (κ2) is 11.6. The molecule has 0 heterocycles. The van der Waals surface area contributed by atoms with Crippen LogP contribution in [0.1, 0.15) is 34.3 Å². The van der Waals surface area contributed by atoms with Gasteiger partial charge in [-0.25, -0.2) is 0 Å². The summed E-state index contributed by atoms with van der Waals surface area (Å²) in [7, 11) is 0. The van der Waals surface area contributed by atoms with Crippen molar-refractivity contribution in [2.75, 3.05) is 0 Å². The summed E-state index contributed by atoms with van der Waals surface area (Å²) in [6, 6.07) is -9.80. The van der Waals surface area contributed by atoms with E-state index in [0.29, 0.717) is 10.8 Å². The Morgan fingerprint density at radius 1 is 0.280 bits per heavy atom. The van der Waals surface area contributed by atoms with Gasteiger partial charge in [0, 0.05) is 0 Å². The molecule has 50 heavy (non-hydrogen) atoms. The molecule has 0 bridgehead atoms. The average Bonchev–Trinajstić information content (AvgIpc) is 3.39. The summed E-state index contributed by atoms with van der Waals surface area (Å²) in [5.74, 6) is 0. The molecule has 0 spiro atoms. The van der Waals surface area contributed by atoms with E-state index < -0.39 is 222 Å². The highest BCUT2D eigenvalue weighted by atomic mass is 14.2. The number of hydrogen-bond donors (Lipinski definition) is 0. The Hall–Kier alpha value is -6.50. The molecule has 232 valence electrons. The lowest BCUT2D eigenvalue weighted by Crippen LogP contribution is -1.93. The van der Waals surface area contributed by atoms with E-state index in [1.807, 2.05) is 0 Å². The smallest absolute Gasteiger partial charge is 0.0616 e. The van der Waals surface area contributed by atoms with Crippen molar-refractivity contribution < 1.29 is 34.3 Å². The Morgan fingerprint density at radius 2 is 0.900 bits per heavy atom. The quantitative estimate of drug-likeness (QED) is 0.165. The third-order valence-corrected chi connectivity index (χ3v) is 8.50. The predicted octanol–water partition coefficient (Wildman–Crippen LogP) is 14.1. The second-order valence-electron chi connectivity index (χ2n) is 11.3. The van der Waals surface area contributed by atoms with Crippen LogP contribution in [0, 0.1) is 0 Å². The largest absolute Gasteiger partial charge is 0.0636 e. The Morgan fingerprint density at radius 3 is 1.76 bits per heavy atom. The molecule has 0 unspecified atom stereocenters. The summed E-state index contributed by atoms with van der Waals surface area (Å²) in [5, 5.41) is -3.06. The average molecular weight is 658 g/mol. The summed E-state index contributed by atoms with van der Waals surface area (Å²) >= 11 is 0. The molecule has 0 N–H and O–H groups in total. The molecule has 0 atom stereocenters. The molecule has 10 aromatic carbocycles. The first-order valence-electron chi connectivity index (χ1n) is 27.8. The van der Waals surface area contributed by atoms with Crippen molar-refractivity contribution in [3.8, 4) is 44.5 Å². The summed E-state index contributed by atoms with van der Waals surface area (Å²) in [4.78, 5) is 0. The highest BCUT2D eigenvalue weighted by Gasteiger charge is 2.19. The number of hydrogen-bond acceptors (Lipinski definition) is 0.